The van der Waals surface area contributed by atoms with E-state index < -0.39 is 11.9 Å². The van der Waals surface area contributed by atoms with Gasteiger partial charge < -0.3 is 11.1 Å². The summed E-state index contributed by atoms with van der Waals surface area (Å²) in [5, 5.41) is 2.91. The Balaban J connectivity index is 2.17. The molecule has 1 saturated carbocycles. The Bertz CT molecular complexity index is 395. The summed E-state index contributed by atoms with van der Waals surface area (Å²) in [6, 6.07) is 0.848. The normalized spacial score (nSPS) is 18.6. The number of hydrogen-bond donors (Lipinski definition) is 2. The van der Waals surface area contributed by atoms with Gasteiger partial charge >= 0.3 is 6.18 Å². The minimum absolute atomic E-state index is 0.00928. The van der Waals surface area contributed by atoms with Gasteiger partial charge in [-0.05, 0) is 25.3 Å². The second-order valence-corrected chi connectivity index (χ2v) is 4.23. The van der Waals surface area contributed by atoms with Crippen molar-refractivity contribution in [2.75, 3.05) is 11.9 Å². The molecule has 2 rings (SSSR count). The van der Waals surface area contributed by atoms with Gasteiger partial charge in [-0.3, -0.25) is 0 Å². The fourth-order valence-electron chi connectivity index (χ4n) is 1.80. The predicted octanol–water partition coefficient (Wildman–Crippen LogP) is 1.79. The molecule has 0 aromatic carbocycles. The standard InChI is InChI=1S/C10H13F3N4/c11-10(12,13)7-2-5-15-8(16-7)17-9(6-14)3-1-4-9/h2,5H,1,3-4,6,14H2,(H,15,16,17). The van der Waals surface area contributed by atoms with E-state index >= 15 is 0 Å². The number of halogens is 3. The topological polar surface area (TPSA) is 63.8 Å². The molecule has 1 aliphatic rings. The van der Waals surface area contributed by atoms with E-state index in [4.69, 9.17) is 5.73 Å². The molecule has 0 amide bonds. The SMILES string of the molecule is NCC1(Nc2nccc(C(F)(F)F)n2)CCC1. The fraction of sp³-hybridized carbons (Fsp3) is 0.600. The first-order chi connectivity index (χ1) is 7.95. The zero-order valence-corrected chi connectivity index (χ0v) is 9.09. The molecule has 1 aliphatic carbocycles. The predicted molar refractivity (Wildman–Crippen MR) is 56.3 cm³/mol. The molecule has 94 valence electrons. The quantitative estimate of drug-likeness (QED) is 0.853. The van der Waals surface area contributed by atoms with Gasteiger partial charge in [0.1, 0.15) is 5.69 Å². The summed E-state index contributed by atoms with van der Waals surface area (Å²) in [4.78, 5) is 7.25. The first-order valence-corrected chi connectivity index (χ1v) is 5.34. The van der Waals surface area contributed by atoms with E-state index in [9.17, 15) is 13.2 Å². The number of hydrogen-bond acceptors (Lipinski definition) is 4. The molecule has 1 aromatic heterocycles. The van der Waals surface area contributed by atoms with E-state index in [-0.39, 0.29) is 11.5 Å². The van der Waals surface area contributed by atoms with Crippen LogP contribution in [0.3, 0.4) is 0 Å². The van der Waals surface area contributed by atoms with Crippen molar-refractivity contribution in [1.29, 1.82) is 0 Å². The van der Waals surface area contributed by atoms with Gasteiger partial charge in [0.15, 0.2) is 0 Å². The van der Waals surface area contributed by atoms with E-state index in [1.54, 1.807) is 0 Å². The molecular weight excluding hydrogens is 233 g/mol. The Hall–Kier alpha value is -1.37. The fourth-order valence-corrected chi connectivity index (χ4v) is 1.80. The van der Waals surface area contributed by atoms with E-state index in [0.717, 1.165) is 31.5 Å². The van der Waals surface area contributed by atoms with E-state index in [2.05, 4.69) is 15.3 Å². The Labute approximate surface area is 96.4 Å². The highest BCUT2D eigenvalue weighted by Crippen LogP contribution is 2.34. The molecule has 1 heterocycles. The van der Waals surface area contributed by atoms with E-state index in [1.165, 1.54) is 0 Å². The number of nitrogens with one attached hydrogen (secondary N) is 1. The van der Waals surface area contributed by atoms with Gasteiger partial charge in [0.25, 0.3) is 0 Å². The number of anilines is 1. The van der Waals surface area contributed by atoms with Crippen molar-refractivity contribution in [3.63, 3.8) is 0 Å². The summed E-state index contributed by atoms with van der Waals surface area (Å²) in [6.07, 6.45) is -0.661. The van der Waals surface area contributed by atoms with Crippen LogP contribution < -0.4 is 11.1 Å². The summed E-state index contributed by atoms with van der Waals surface area (Å²) in [5.74, 6) is -0.00928. The lowest BCUT2D eigenvalue weighted by Crippen LogP contribution is -2.51. The smallest absolute Gasteiger partial charge is 0.348 e. The highest BCUT2D eigenvalue weighted by Gasteiger charge is 2.37. The van der Waals surface area contributed by atoms with Crippen LogP contribution >= 0.6 is 0 Å². The van der Waals surface area contributed by atoms with E-state index in [1.807, 2.05) is 0 Å². The Morgan fingerprint density at radius 1 is 1.41 bits per heavy atom. The molecule has 3 N–H and O–H groups in total. The van der Waals surface area contributed by atoms with Crippen LogP contribution in [0.1, 0.15) is 25.0 Å². The van der Waals surface area contributed by atoms with Crippen LogP contribution in [0.25, 0.3) is 0 Å². The Morgan fingerprint density at radius 2 is 2.12 bits per heavy atom. The molecule has 1 fully saturated rings. The third-order valence-corrected chi connectivity index (χ3v) is 3.02. The minimum atomic E-state index is -4.45. The van der Waals surface area contributed by atoms with E-state index in [0.29, 0.717) is 6.54 Å². The van der Waals surface area contributed by atoms with Crippen molar-refractivity contribution >= 4 is 5.95 Å². The van der Waals surface area contributed by atoms with Crippen molar-refractivity contribution in [3.05, 3.63) is 18.0 Å². The monoisotopic (exact) mass is 246 g/mol. The maximum Gasteiger partial charge on any atom is 0.433 e. The third-order valence-electron chi connectivity index (χ3n) is 3.02. The molecular formula is C10H13F3N4. The summed E-state index contributed by atoms with van der Waals surface area (Å²) in [6.45, 7) is 0.368. The Kier molecular flexibility index (Phi) is 2.94. The highest BCUT2D eigenvalue weighted by molar-refractivity contribution is 5.32. The summed E-state index contributed by atoms with van der Waals surface area (Å²) < 4.78 is 37.3. The van der Waals surface area contributed by atoms with Gasteiger partial charge in [-0.15, -0.1) is 0 Å². The summed E-state index contributed by atoms with van der Waals surface area (Å²) in [7, 11) is 0. The molecule has 1 aromatic rings. The molecule has 17 heavy (non-hydrogen) atoms. The molecule has 4 nitrogen and oxygen atoms in total. The van der Waals surface area contributed by atoms with Crippen LogP contribution in [-0.4, -0.2) is 22.1 Å². The average Bonchev–Trinajstić information content (AvgIpc) is 2.23. The van der Waals surface area contributed by atoms with Crippen LogP contribution in [0, 0.1) is 0 Å². The maximum atomic E-state index is 12.4. The zero-order valence-electron chi connectivity index (χ0n) is 9.09. The molecule has 0 spiro atoms. The molecule has 0 saturated heterocycles. The lowest BCUT2D eigenvalue weighted by atomic mass is 9.77. The lowest BCUT2D eigenvalue weighted by Gasteiger charge is -2.41. The molecule has 7 heteroatoms. The van der Waals surface area contributed by atoms with Crippen LogP contribution in [0.15, 0.2) is 12.3 Å². The average molecular weight is 246 g/mol. The van der Waals surface area contributed by atoms with Gasteiger partial charge in [0.05, 0.1) is 5.54 Å². The van der Waals surface area contributed by atoms with Crippen molar-refractivity contribution in [2.45, 2.75) is 31.0 Å². The first-order valence-electron chi connectivity index (χ1n) is 5.34. The maximum absolute atomic E-state index is 12.4. The molecule has 0 aliphatic heterocycles. The number of nitrogens with two attached hydrogens (primary N) is 1. The molecule has 0 bridgehead atoms. The summed E-state index contributed by atoms with van der Waals surface area (Å²) in [5.41, 5.74) is 4.33. The van der Waals surface area contributed by atoms with Gasteiger partial charge in [-0.1, -0.05) is 0 Å². The van der Waals surface area contributed by atoms with Gasteiger partial charge in [0.2, 0.25) is 5.95 Å². The summed E-state index contributed by atoms with van der Waals surface area (Å²) >= 11 is 0. The van der Waals surface area contributed by atoms with Gasteiger partial charge in [0, 0.05) is 12.7 Å². The Morgan fingerprint density at radius 3 is 2.59 bits per heavy atom. The van der Waals surface area contributed by atoms with Gasteiger partial charge in [-0.25, -0.2) is 9.97 Å². The molecule has 0 unspecified atom stereocenters. The van der Waals surface area contributed by atoms with Crippen LogP contribution in [0.5, 0.6) is 0 Å². The highest BCUT2D eigenvalue weighted by atomic mass is 19.4. The van der Waals surface area contributed by atoms with Crippen molar-refractivity contribution in [2.24, 2.45) is 5.73 Å². The number of rotatable bonds is 3. The largest absolute Gasteiger partial charge is 0.433 e. The van der Waals surface area contributed by atoms with Crippen molar-refractivity contribution in [3.8, 4) is 0 Å². The zero-order chi connectivity index (χ0) is 12.5. The first kappa shape index (κ1) is 12.1. The van der Waals surface area contributed by atoms with Gasteiger partial charge in [-0.2, -0.15) is 13.2 Å². The number of alkyl halides is 3. The number of nitrogens with zero attached hydrogens (tertiary/aromatic N) is 2. The number of aromatic nitrogens is 2. The molecule has 0 radical (unpaired) electrons. The second kappa shape index (κ2) is 4.14. The van der Waals surface area contributed by atoms with Crippen molar-refractivity contribution < 1.29 is 13.2 Å². The minimum Gasteiger partial charge on any atom is -0.348 e. The second-order valence-electron chi connectivity index (χ2n) is 4.23. The lowest BCUT2D eigenvalue weighted by molar-refractivity contribution is -0.141. The van der Waals surface area contributed by atoms with Crippen LogP contribution in [-0.2, 0) is 6.18 Å². The third kappa shape index (κ3) is 2.49. The molecule has 0 atom stereocenters. The van der Waals surface area contributed by atoms with Crippen LogP contribution in [0.2, 0.25) is 0 Å². The van der Waals surface area contributed by atoms with Crippen molar-refractivity contribution in [1.82, 2.24) is 9.97 Å². The van der Waals surface area contributed by atoms with Crippen LogP contribution in [0.4, 0.5) is 19.1 Å².